The predicted octanol–water partition coefficient (Wildman–Crippen LogP) is 1.90. The zero-order valence-corrected chi connectivity index (χ0v) is 17.3. The van der Waals surface area contributed by atoms with E-state index in [0.29, 0.717) is 11.4 Å². The second-order valence-corrected chi connectivity index (χ2v) is 7.15. The van der Waals surface area contributed by atoms with Crippen molar-refractivity contribution in [2.24, 2.45) is 7.05 Å². The Labute approximate surface area is 177 Å². The molecule has 0 spiro atoms. The van der Waals surface area contributed by atoms with Crippen LogP contribution in [0, 0.1) is 0 Å². The van der Waals surface area contributed by atoms with Crippen LogP contribution in [0.25, 0.3) is 16.6 Å². The molecule has 1 N–H and O–H groups in total. The first-order valence-electron chi connectivity index (χ1n) is 9.57. The lowest BCUT2D eigenvalue weighted by molar-refractivity contribution is -0.114. The average molecular weight is 419 g/mol. The molecule has 0 atom stereocenters. The van der Waals surface area contributed by atoms with Crippen molar-refractivity contribution in [2.45, 2.75) is 13.5 Å². The molecule has 4 aromatic rings. The number of hydrogen-bond acceptors (Lipinski definition) is 5. The quantitative estimate of drug-likeness (QED) is 0.533. The minimum atomic E-state index is -0.616. The molecular formula is C22H21N5O4. The van der Waals surface area contributed by atoms with Crippen LogP contribution in [0.1, 0.15) is 12.5 Å². The number of carbonyl (C=O) groups excluding carboxylic acids is 1. The van der Waals surface area contributed by atoms with Crippen molar-refractivity contribution in [3.63, 3.8) is 0 Å². The number of rotatable bonds is 5. The van der Waals surface area contributed by atoms with Crippen molar-refractivity contribution in [1.82, 2.24) is 18.9 Å². The van der Waals surface area contributed by atoms with Gasteiger partial charge in [0.15, 0.2) is 0 Å². The van der Waals surface area contributed by atoms with Gasteiger partial charge in [0.25, 0.3) is 5.88 Å². The number of methoxy groups -OCH3 is 1. The fourth-order valence-corrected chi connectivity index (χ4v) is 3.46. The van der Waals surface area contributed by atoms with E-state index in [1.807, 2.05) is 42.1 Å². The van der Waals surface area contributed by atoms with Crippen molar-refractivity contribution < 1.29 is 9.53 Å². The Hall–Kier alpha value is -4.14. The highest BCUT2D eigenvalue weighted by Gasteiger charge is 2.16. The molecule has 9 nitrogen and oxygen atoms in total. The third kappa shape index (κ3) is 3.85. The molecule has 0 bridgehead atoms. The highest BCUT2D eigenvalue weighted by atomic mass is 16.5. The third-order valence-corrected chi connectivity index (χ3v) is 4.93. The highest BCUT2D eigenvalue weighted by molar-refractivity contribution is 5.88. The summed E-state index contributed by atoms with van der Waals surface area (Å²) in [4.78, 5) is 37.3. The molecular weight excluding hydrogens is 398 g/mol. The first-order chi connectivity index (χ1) is 14.9. The van der Waals surface area contributed by atoms with Crippen LogP contribution >= 0.6 is 0 Å². The smallest absolute Gasteiger partial charge is 0.352 e. The Morgan fingerprint density at radius 3 is 2.68 bits per heavy atom. The van der Waals surface area contributed by atoms with Gasteiger partial charge >= 0.3 is 11.2 Å². The monoisotopic (exact) mass is 419 g/mol. The maximum atomic E-state index is 13.2. The summed E-state index contributed by atoms with van der Waals surface area (Å²) in [5.41, 5.74) is 1.51. The van der Waals surface area contributed by atoms with Crippen molar-refractivity contribution in [2.75, 3.05) is 12.4 Å². The van der Waals surface area contributed by atoms with Gasteiger partial charge in [-0.1, -0.05) is 12.1 Å². The molecule has 2 heterocycles. The van der Waals surface area contributed by atoms with Gasteiger partial charge in [0.05, 0.1) is 19.3 Å². The lowest BCUT2D eigenvalue weighted by atomic mass is 10.1. The van der Waals surface area contributed by atoms with E-state index in [2.05, 4.69) is 10.4 Å². The summed E-state index contributed by atoms with van der Waals surface area (Å²) >= 11 is 0. The third-order valence-electron chi connectivity index (χ3n) is 4.93. The minimum absolute atomic E-state index is 0.0623. The molecule has 0 saturated heterocycles. The van der Waals surface area contributed by atoms with E-state index in [1.54, 1.807) is 24.3 Å². The Bertz CT molecular complexity index is 1410. The molecule has 0 fully saturated rings. The number of aromatic nitrogens is 4. The summed E-state index contributed by atoms with van der Waals surface area (Å²) in [5.74, 6) is -0.443. The van der Waals surface area contributed by atoms with Crippen LogP contribution in [0.4, 0.5) is 5.69 Å². The van der Waals surface area contributed by atoms with Crippen molar-refractivity contribution in [1.29, 1.82) is 0 Å². The van der Waals surface area contributed by atoms with Gasteiger partial charge in [-0.2, -0.15) is 4.68 Å². The summed E-state index contributed by atoms with van der Waals surface area (Å²) in [6.07, 6.45) is 1.95. The Morgan fingerprint density at radius 1 is 1.13 bits per heavy atom. The molecule has 0 unspecified atom stereocenters. The Kier molecular flexibility index (Phi) is 5.16. The number of ether oxygens (including phenoxy) is 1. The highest BCUT2D eigenvalue weighted by Crippen LogP contribution is 2.17. The molecule has 31 heavy (non-hydrogen) atoms. The number of carbonyl (C=O) groups is 1. The van der Waals surface area contributed by atoms with Crippen LogP contribution < -0.4 is 21.3 Å². The largest absolute Gasteiger partial charge is 0.476 e. The summed E-state index contributed by atoms with van der Waals surface area (Å²) in [7, 11) is 3.28. The zero-order chi connectivity index (χ0) is 22.1. The summed E-state index contributed by atoms with van der Waals surface area (Å²) in [5, 5.41) is 7.74. The van der Waals surface area contributed by atoms with Gasteiger partial charge in [-0.05, 0) is 47.3 Å². The number of fused-ring (bicyclic) bond motifs is 1. The molecule has 0 aliphatic carbocycles. The van der Waals surface area contributed by atoms with E-state index in [4.69, 9.17) is 4.74 Å². The number of nitrogens with one attached hydrogen (secondary N) is 1. The van der Waals surface area contributed by atoms with Crippen LogP contribution in [0.15, 0.2) is 64.3 Å². The topological polar surface area (TPSA) is 100 Å². The van der Waals surface area contributed by atoms with Crippen LogP contribution in [0.2, 0.25) is 0 Å². The van der Waals surface area contributed by atoms with Gasteiger partial charge in [-0.15, -0.1) is 5.10 Å². The fraction of sp³-hybridized carbons (Fsp3) is 0.182. The van der Waals surface area contributed by atoms with Crippen molar-refractivity contribution >= 4 is 22.5 Å². The predicted molar refractivity (Wildman–Crippen MR) is 117 cm³/mol. The molecule has 4 rings (SSSR count). The molecule has 2 aromatic carbocycles. The number of amides is 1. The van der Waals surface area contributed by atoms with Crippen molar-refractivity contribution in [3.8, 4) is 11.6 Å². The minimum Gasteiger partial charge on any atom is -0.476 e. The van der Waals surface area contributed by atoms with E-state index in [1.165, 1.54) is 14.0 Å². The molecule has 0 saturated carbocycles. The number of hydrogen-bond donors (Lipinski definition) is 1. The van der Waals surface area contributed by atoms with Gasteiger partial charge < -0.3 is 14.6 Å². The molecule has 158 valence electrons. The lowest BCUT2D eigenvalue weighted by Crippen LogP contribution is -2.41. The molecule has 1 amide bonds. The van der Waals surface area contributed by atoms with Crippen LogP contribution in [0.5, 0.6) is 5.88 Å². The van der Waals surface area contributed by atoms with Crippen molar-refractivity contribution in [3.05, 3.63) is 81.1 Å². The maximum Gasteiger partial charge on any atom is 0.352 e. The second-order valence-electron chi connectivity index (χ2n) is 7.15. The molecule has 0 aliphatic rings. The van der Waals surface area contributed by atoms with Crippen LogP contribution in [0.3, 0.4) is 0 Å². The van der Waals surface area contributed by atoms with Crippen LogP contribution in [-0.4, -0.2) is 31.9 Å². The molecule has 9 heteroatoms. The first kappa shape index (κ1) is 20.1. The van der Waals surface area contributed by atoms with E-state index in [0.717, 1.165) is 25.7 Å². The normalized spacial score (nSPS) is 10.9. The Balaban J connectivity index is 1.82. The Morgan fingerprint density at radius 2 is 1.94 bits per heavy atom. The molecule has 2 aromatic heterocycles. The van der Waals surface area contributed by atoms with Gasteiger partial charge in [0.1, 0.15) is 0 Å². The SMILES string of the molecule is COc1nn(-c2cccc(NC(C)=O)c2)c(=O)n(Cc2ccc3c(ccn3C)c2)c1=O. The van der Waals surface area contributed by atoms with E-state index in [-0.39, 0.29) is 18.3 Å². The first-order valence-corrected chi connectivity index (χ1v) is 9.57. The van der Waals surface area contributed by atoms with Gasteiger partial charge in [0.2, 0.25) is 5.91 Å². The van der Waals surface area contributed by atoms with Gasteiger partial charge in [-0.3, -0.25) is 9.59 Å². The van der Waals surface area contributed by atoms with E-state index in [9.17, 15) is 14.4 Å². The standard InChI is InChI=1S/C22H21N5O4/c1-14(28)23-17-5-4-6-18(12-17)27-22(30)26(21(29)20(24-27)31-3)13-15-7-8-19-16(11-15)9-10-25(19)2/h4-12H,13H2,1-3H3,(H,23,28). The summed E-state index contributed by atoms with van der Waals surface area (Å²) < 4.78 is 9.30. The van der Waals surface area contributed by atoms with Crippen LogP contribution in [-0.2, 0) is 18.4 Å². The number of nitrogens with zero attached hydrogens (tertiary/aromatic N) is 4. The fourth-order valence-electron chi connectivity index (χ4n) is 3.46. The number of anilines is 1. The number of aryl methyl sites for hydroxylation is 1. The zero-order valence-electron chi connectivity index (χ0n) is 17.3. The summed E-state index contributed by atoms with van der Waals surface area (Å²) in [6, 6.07) is 14.4. The van der Waals surface area contributed by atoms with E-state index >= 15 is 0 Å². The maximum absolute atomic E-state index is 13.2. The average Bonchev–Trinajstić information content (AvgIpc) is 3.11. The lowest BCUT2D eigenvalue weighted by Gasteiger charge is -2.12. The summed E-state index contributed by atoms with van der Waals surface area (Å²) in [6.45, 7) is 1.45. The van der Waals surface area contributed by atoms with Gasteiger partial charge in [-0.25, -0.2) is 9.36 Å². The molecule has 0 radical (unpaired) electrons. The number of benzene rings is 2. The molecule has 0 aliphatic heterocycles. The van der Waals surface area contributed by atoms with E-state index < -0.39 is 11.2 Å². The second kappa shape index (κ2) is 7.94. The van der Waals surface area contributed by atoms with Gasteiger partial charge in [0, 0.05) is 31.4 Å².